The van der Waals surface area contributed by atoms with Crippen molar-refractivity contribution in [2.45, 2.75) is 25.5 Å². The fourth-order valence-corrected chi connectivity index (χ4v) is 2.97. The number of carbonyl (C=O) groups excluding carboxylic acids is 2. The Bertz CT molecular complexity index is 858. The lowest BCUT2D eigenvalue weighted by atomic mass is 10.1. The standard InChI is InChI=1S/C20H19F3N2O4/c21-20(22,23)29-17-9-5-4-8-15(17)10-24-19(27)16-12-28-13-18(26)25(16)11-14-6-2-1-3-7-14/h1-9,16H,10-13H2,(H,24,27)/t16-/m1/s1. The predicted molar refractivity (Wildman–Crippen MR) is 96.6 cm³/mol. The number of benzene rings is 2. The number of ether oxygens (including phenoxy) is 2. The highest BCUT2D eigenvalue weighted by atomic mass is 19.4. The Labute approximate surface area is 165 Å². The maximum Gasteiger partial charge on any atom is 0.573 e. The van der Waals surface area contributed by atoms with Crippen LogP contribution in [0.2, 0.25) is 0 Å². The van der Waals surface area contributed by atoms with Crippen LogP contribution in [0, 0.1) is 0 Å². The summed E-state index contributed by atoms with van der Waals surface area (Å²) >= 11 is 0. The van der Waals surface area contributed by atoms with Gasteiger partial charge in [-0.25, -0.2) is 0 Å². The number of hydrogen-bond donors (Lipinski definition) is 1. The Morgan fingerprint density at radius 1 is 1.14 bits per heavy atom. The van der Waals surface area contributed by atoms with Gasteiger partial charge in [0.05, 0.1) is 6.61 Å². The van der Waals surface area contributed by atoms with Gasteiger partial charge in [-0.05, 0) is 11.6 Å². The molecule has 0 bridgehead atoms. The van der Waals surface area contributed by atoms with Crippen molar-refractivity contribution in [2.24, 2.45) is 0 Å². The number of amides is 2. The van der Waals surface area contributed by atoms with Crippen LogP contribution in [-0.2, 0) is 27.4 Å². The molecule has 0 unspecified atom stereocenters. The number of hydrogen-bond acceptors (Lipinski definition) is 4. The number of rotatable bonds is 6. The molecule has 2 aromatic rings. The molecule has 1 heterocycles. The van der Waals surface area contributed by atoms with Crippen molar-refractivity contribution in [1.82, 2.24) is 10.2 Å². The van der Waals surface area contributed by atoms with Crippen LogP contribution in [0.25, 0.3) is 0 Å². The normalized spacial score (nSPS) is 17.1. The molecule has 3 rings (SSSR count). The molecule has 1 N–H and O–H groups in total. The average Bonchev–Trinajstić information content (AvgIpc) is 2.68. The van der Waals surface area contributed by atoms with Gasteiger partial charge in [-0.1, -0.05) is 48.5 Å². The maximum absolute atomic E-state index is 12.7. The summed E-state index contributed by atoms with van der Waals surface area (Å²) in [5.74, 6) is -1.24. The van der Waals surface area contributed by atoms with E-state index in [1.54, 1.807) is 6.07 Å². The first kappa shape index (κ1) is 20.7. The lowest BCUT2D eigenvalue weighted by Gasteiger charge is -2.34. The first-order valence-electron chi connectivity index (χ1n) is 8.86. The fraction of sp³-hybridized carbons (Fsp3) is 0.300. The topological polar surface area (TPSA) is 67.9 Å². The second-order valence-corrected chi connectivity index (χ2v) is 6.41. The lowest BCUT2D eigenvalue weighted by molar-refractivity contribution is -0.274. The van der Waals surface area contributed by atoms with Crippen molar-refractivity contribution >= 4 is 11.8 Å². The zero-order valence-corrected chi connectivity index (χ0v) is 15.3. The van der Waals surface area contributed by atoms with Gasteiger partial charge in [0.1, 0.15) is 18.4 Å². The van der Waals surface area contributed by atoms with Gasteiger partial charge in [-0.2, -0.15) is 0 Å². The molecule has 29 heavy (non-hydrogen) atoms. The maximum atomic E-state index is 12.7. The molecule has 9 heteroatoms. The minimum atomic E-state index is -4.84. The fourth-order valence-electron chi connectivity index (χ4n) is 2.97. The summed E-state index contributed by atoms with van der Waals surface area (Å²) in [6.07, 6.45) is -4.84. The summed E-state index contributed by atoms with van der Waals surface area (Å²) in [4.78, 5) is 26.3. The van der Waals surface area contributed by atoms with E-state index < -0.39 is 24.1 Å². The minimum absolute atomic E-state index is 0.00506. The van der Waals surface area contributed by atoms with Crippen molar-refractivity contribution in [1.29, 1.82) is 0 Å². The van der Waals surface area contributed by atoms with Gasteiger partial charge >= 0.3 is 6.36 Å². The van der Waals surface area contributed by atoms with Crippen molar-refractivity contribution in [3.05, 3.63) is 65.7 Å². The SMILES string of the molecule is O=C(NCc1ccccc1OC(F)(F)F)[C@H]1COCC(=O)N1Cc1ccccc1. The monoisotopic (exact) mass is 408 g/mol. The minimum Gasteiger partial charge on any atom is -0.405 e. The Morgan fingerprint density at radius 2 is 1.83 bits per heavy atom. The van der Waals surface area contributed by atoms with Gasteiger partial charge in [-0.3, -0.25) is 9.59 Å². The van der Waals surface area contributed by atoms with Crippen LogP contribution in [0.4, 0.5) is 13.2 Å². The van der Waals surface area contributed by atoms with E-state index in [1.807, 2.05) is 30.3 Å². The first-order valence-corrected chi connectivity index (χ1v) is 8.86. The number of morpholine rings is 1. The van der Waals surface area contributed by atoms with Crippen molar-refractivity contribution in [3.8, 4) is 5.75 Å². The highest BCUT2D eigenvalue weighted by Crippen LogP contribution is 2.26. The molecule has 6 nitrogen and oxygen atoms in total. The van der Waals surface area contributed by atoms with Crippen molar-refractivity contribution in [2.75, 3.05) is 13.2 Å². The van der Waals surface area contributed by atoms with E-state index in [1.165, 1.54) is 23.1 Å². The van der Waals surface area contributed by atoms with Gasteiger partial charge in [-0.15, -0.1) is 13.2 Å². The first-order chi connectivity index (χ1) is 13.8. The largest absolute Gasteiger partial charge is 0.573 e. The summed E-state index contributed by atoms with van der Waals surface area (Å²) in [7, 11) is 0. The molecule has 0 spiro atoms. The molecular formula is C20H19F3N2O4. The molecule has 2 aromatic carbocycles. The third kappa shape index (κ3) is 5.71. The van der Waals surface area contributed by atoms with Gasteiger partial charge in [0.2, 0.25) is 11.8 Å². The Morgan fingerprint density at radius 3 is 2.55 bits per heavy atom. The summed E-state index contributed by atoms with van der Waals surface area (Å²) in [6.45, 7) is -0.0756. The van der Waals surface area contributed by atoms with Crippen LogP contribution in [0.3, 0.4) is 0 Å². The summed E-state index contributed by atoms with van der Waals surface area (Å²) in [6, 6.07) is 13.8. The summed E-state index contributed by atoms with van der Waals surface area (Å²) < 4.78 is 46.8. The molecular weight excluding hydrogens is 389 g/mol. The van der Waals surface area contributed by atoms with Gasteiger partial charge in [0, 0.05) is 18.7 Å². The highest BCUT2D eigenvalue weighted by Gasteiger charge is 2.35. The Kier molecular flexibility index (Phi) is 6.38. The van der Waals surface area contributed by atoms with Crippen LogP contribution in [0.1, 0.15) is 11.1 Å². The molecule has 1 aliphatic rings. The van der Waals surface area contributed by atoms with E-state index in [2.05, 4.69) is 10.1 Å². The van der Waals surface area contributed by atoms with E-state index in [0.717, 1.165) is 5.56 Å². The van der Waals surface area contributed by atoms with Crippen LogP contribution >= 0.6 is 0 Å². The highest BCUT2D eigenvalue weighted by molar-refractivity contribution is 5.89. The van der Waals surface area contributed by atoms with Crippen LogP contribution < -0.4 is 10.1 Å². The van der Waals surface area contributed by atoms with Gasteiger partial charge in [0.25, 0.3) is 0 Å². The number of halogens is 3. The van der Waals surface area contributed by atoms with Crippen LogP contribution in [0.5, 0.6) is 5.75 Å². The molecule has 1 atom stereocenters. The van der Waals surface area contributed by atoms with Crippen LogP contribution in [0.15, 0.2) is 54.6 Å². The molecule has 1 aliphatic heterocycles. The Hall–Kier alpha value is -3.07. The molecule has 0 radical (unpaired) electrons. The summed E-state index contributed by atoms with van der Waals surface area (Å²) in [5, 5.41) is 2.57. The zero-order valence-electron chi connectivity index (χ0n) is 15.3. The van der Waals surface area contributed by atoms with E-state index in [0.29, 0.717) is 0 Å². The molecule has 1 fully saturated rings. The summed E-state index contributed by atoms with van der Waals surface area (Å²) in [5.41, 5.74) is 1.01. The number of nitrogens with one attached hydrogen (secondary N) is 1. The quantitative estimate of drug-likeness (QED) is 0.798. The van der Waals surface area contributed by atoms with Crippen molar-refractivity contribution < 1.29 is 32.2 Å². The number of para-hydroxylation sites is 1. The van der Waals surface area contributed by atoms with Crippen LogP contribution in [-0.4, -0.2) is 42.3 Å². The Balaban J connectivity index is 1.68. The second kappa shape index (κ2) is 8.95. The lowest BCUT2D eigenvalue weighted by Crippen LogP contribution is -2.55. The molecule has 2 amide bonds. The molecule has 1 saturated heterocycles. The molecule has 0 aromatic heterocycles. The average molecular weight is 408 g/mol. The third-order valence-electron chi connectivity index (χ3n) is 4.35. The van der Waals surface area contributed by atoms with E-state index >= 15 is 0 Å². The zero-order chi connectivity index (χ0) is 20.9. The second-order valence-electron chi connectivity index (χ2n) is 6.41. The van der Waals surface area contributed by atoms with E-state index in [4.69, 9.17) is 4.74 Å². The molecule has 0 saturated carbocycles. The van der Waals surface area contributed by atoms with Gasteiger partial charge in [0.15, 0.2) is 0 Å². The predicted octanol–water partition coefficient (Wildman–Crippen LogP) is 2.63. The van der Waals surface area contributed by atoms with Crippen molar-refractivity contribution in [3.63, 3.8) is 0 Å². The number of carbonyl (C=O) groups is 2. The van der Waals surface area contributed by atoms with E-state index in [9.17, 15) is 22.8 Å². The van der Waals surface area contributed by atoms with E-state index in [-0.39, 0.29) is 37.8 Å². The molecule has 154 valence electrons. The van der Waals surface area contributed by atoms with Gasteiger partial charge < -0.3 is 19.7 Å². The number of alkyl halides is 3. The molecule has 0 aliphatic carbocycles. The third-order valence-corrected chi connectivity index (χ3v) is 4.35. The smallest absolute Gasteiger partial charge is 0.405 e. The number of nitrogens with zero attached hydrogens (tertiary/aromatic N) is 1.